The van der Waals surface area contributed by atoms with Gasteiger partial charge in [0.2, 0.25) is 0 Å². The van der Waals surface area contributed by atoms with Gasteiger partial charge in [-0.3, -0.25) is 9.69 Å². The van der Waals surface area contributed by atoms with Gasteiger partial charge in [0.1, 0.15) is 18.0 Å². The Morgan fingerprint density at radius 2 is 1.66 bits per heavy atom. The van der Waals surface area contributed by atoms with Crippen molar-refractivity contribution in [2.75, 3.05) is 66.7 Å². The number of nitrogens with one attached hydrogen (secondary N) is 1. The second-order valence-corrected chi connectivity index (χ2v) is 9.22. The first-order chi connectivity index (χ1) is 18.5. The fourth-order valence-electron chi connectivity index (χ4n) is 4.62. The standard InChI is InChI=1S/C28H37N5O5/c1-4-29-28(35)32(14-13-31-15-17-38-18-16-31)20-27(34)33-26(22-7-11-24(37-3)12-8-22)19-25(30-33)21-5-9-23(36-2)10-6-21/h5-12,26H,4,13-20H2,1-3H3,(H,29,35)/t26-/m0/s1. The van der Waals surface area contributed by atoms with Crippen LogP contribution in [0.3, 0.4) is 0 Å². The van der Waals surface area contributed by atoms with Crippen molar-refractivity contribution in [2.45, 2.75) is 19.4 Å². The molecule has 2 aliphatic heterocycles. The molecule has 1 saturated heterocycles. The first-order valence-electron chi connectivity index (χ1n) is 13.0. The van der Waals surface area contributed by atoms with E-state index in [9.17, 15) is 9.59 Å². The summed E-state index contributed by atoms with van der Waals surface area (Å²) in [6, 6.07) is 14.8. The second-order valence-electron chi connectivity index (χ2n) is 9.22. The minimum atomic E-state index is -0.291. The van der Waals surface area contributed by atoms with Crippen LogP contribution in [0.2, 0.25) is 0 Å². The number of carbonyl (C=O) groups excluding carboxylic acids is 2. The van der Waals surface area contributed by atoms with E-state index < -0.39 is 0 Å². The first-order valence-corrected chi connectivity index (χ1v) is 13.0. The van der Waals surface area contributed by atoms with Crippen molar-refractivity contribution in [1.82, 2.24) is 20.1 Å². The highest BCUT2D eigenvalue weighted by Crippen LogP contribution is 2.34. The van der Waals surface area contributed by atoms with Crippen molar-refractivity contribution in [3.8, 4) is 11.5 Å². The van der Waals surface area contributed by atoms with Crippen LogP contribution in [0.15, 0.2) is 53.6 Å². The molecule has 1 N–H and O–H groups in total. The van der Waals surface area contributed by atoms with Crippen molar-refractivity contribution >= 4 is 17.6 Å². The minimum absolute atomic E-state index is 0.0672. The monoisotopic (exact) mass is 523 g/mol. The zero-order valence-corrected chi connectivity index (χ0v) is 22.4. The number of hydrogen-bond donors (Lipinski definition) is 1. The molecular weight excluding hydrogens is 486 g/mol. The maximum Gasteiger partial charge on any atom is 0.317 e. The highest BCUT2D eigenvalue weighted by atomic mass is 16.5. The molecule has 0 aromatic heterocycles. The summed E-state index contributed by atoms with van der Waals surface area (Å²) in [7, 11) is 3.25. The predicted octanol–water partition coefficient (Wildman–Crippen LogP) is 2.75. The Morgan fingerprint density at radius 1 is 1.03 bits per heavy atom. The number of urea groups is 1. The number of methoxy groups -OCH3 is 2. The molecule has 10 heteroatoms. The lowest BCUT2D eigenvalue weighted by Crippen LogP contribution is -2.49. The quantitative estimate of drug-likeness (QED) is 0.515. The molecule has 204 valence electrons. The van der Waals surface area contributed by atoms with Crippen LogP contribution >= 0.6 is 0 Å². The van der Waals surface area contributed by atoms with E-state index in [1.165, 1.54) is 5.01 Å². The lowest BCUT2D eigenvalue weighted by Gasteiger charge is -2.31. The van der Waals surface area contributed by atoms with E-state index in [2.05, 4.69) is 10.2 Å². The number of carbonyl (C=O) groups is 2. The van der Waals surface area contributed by atoms with Crippen LogP contribution < -0.4 is 14.8 Å². The number of nitrogens with zero attached hydrogens (tertiary/aromatic N) is 4. The van der Waals surface area contributed by atoms with E-state index in [1.54, 1.807) is 19.1 Å². The maximum absolute atomic E-state index is 13.7. The Labute approximate surface area is 224 Å². The highest BCUT2D eigenvalue weighted by Gasteiger charge is 2.34. The molecule has 4 rings (SSSR count). The summed E-state index contributed by atoms with van der Waals surface area (Å²) in [5.41, 5.74) is 2.68. The van der Waals surface area contributed by atoms with Crippen LogP contribution in [0.5, 0.6) is 11.5 Å². The van der Waals surface area contributed by atoms with Crippen LogP contribution in [0.4, 0.5) is 4.79 Å². The number of hydrazone groups is 1. The summed E-state index contributed by atoms with van der Waals surface area (Å²) < 4.78 is 16.0. The molecule has 0 unspecified atom stereocenters. The van der Waals surface area contributed by atoms with E-state index >= 15 is 0 Å². The third-order valence-electron chi connectivity index (χ3n) is 6.82. The number of hydrogen-bond acceptors (Lipinski definition) is 7. The highest BCUT2D eigenvalue weighted by molar-refractivity contribution is 6.03. The molecule has 2 aliphatic rings. The molecule has 1 atom stereocenters. The molecule has 10 nitrogen and oxygen atoms in total. The van der Waals surface area contributed by atoms with Gasteiger partial charge in [0, 0.05) is 39.1 Å². The Balaban J connectivity index is 1.55. The fraction of sp³-hybridized carbons (Fsp3) is 0.464. The van der Waals surface area contributed by atoms with E-state index in [-0.39, 0.29) is 24.5 Å². The van der Waals surface area contributed by atoms with Crippen molar-refractivity contribution in [1.29, 1.82) is 0 Å². The smallest absolute Gasteiger partial charge is 0.317 e. The van der Waals surface area contributed by atoms with Crippen molar-refractivity contribution in [2.24, 2.45) is 5.10 Å². The number of benzene rings is 2. The summed E-state index contributed by atoms with van der Waals surface area (Å²) in [5, 5.41) is 9.14. The first kappa shape index (κ1) is 27.4. The minimum Gasteiger partial charge on any atom is -0.497 e. The summed E-state index contributed by atoms with van der Waals surface area (Å²) in [6.45, 7) is 6.40. The number of rotatable bonds is 10. The molecule has 0 bridgehead atoms. The Bertz CT molecular complexity index is 1100. The molecule has 3 amide bonds. The third kappa shape index (κ3) is 6.81. The molecule has 38 heavy (non-hydrogen) atoms. The van der Waals surface area contributed by atoms with Gasteiger partial charge in [-0.15, -0.1) is 0 Å². The number of amides is 3. The molecule has 0 radical (unpaired) electrons. The molecular formula is C28H37N5O5. The summed E-state index contributed by atoms with van der Waals surface area (Å²) in [5.74, 6) is 1.26. The molecule has 0 spiro atoms. The molecule has 2 heterocycles. The van der Waals surface area contributed by atoms with Crippen LogP contribution in [-0.2, 0) is 9.53 Å². The van der Waals surface area contributed by atoms with E-state index in [0.717, 1.165) is 41.4 Å². The summed E-state index contributed by atoms with van der Waals surface area (Å²) in [6.07, 6.45) is 0.555. The number of ether oxygens (including phenoxy) is 3. The van der Waals surface area contributed by atoms with Gasteiger partial charge in [-0.25, -0.2) is 9.80 Å². The van der Waals surface area contributed by atoms with Gasteiger partial charge in [0.25, 0.3) is 5.91 Å². The zero-order chi connectivity index (χ0) is 26.9. The van der Waals surface area contributed by atoms with Gasteiger partial charge in [0.15, 0.2) is 0 Å². The normalized spacial score (nSPS) is 17.6. The molecule has 2 aromatic carbocycles. The topological polar surface area (TPSA) is 95.9 Å². The average Bonchev–Trinajstić information content (AvgIpc) is 3.41. The number of morpholine rings is 1. The average molecular weight is 524 g/mol. The SMILES string of the molecule is CCNC(=O)N(CCN1CCOCC1)CC(=O)N1N=C(c2ccc(OC)cc2)C[C@H]1c1ccc(OC)cc1. The molecule has 1 fully saturated rings. The van der Waals surface area contributed by atoms with Gasteiger partial charge in [-0.1, -0.05) is 12.1 Å². The molecule has 0 saturated carbocycles. The Morgan fingerprint density at radius 3 is 2.26 bits per heavy atom. The largest absolute Gasteiger partial charge is 0.497 e. The van der Waals surface area contributed by atoms with Crippen LogP contribution in [0.25, 0.3) is 0 Å². The predicted molar refractivity (Wildman–Crippen MR) is 145 cm³/mol. The van der Waals surface area contributed by atoms with E-state index in [0.29, 0.717) is 39.3 Å². The van der Waals surface area contributed by atoms with E-state index in [4.69, 9.17) is 19.3 Å². The second kappa shape index (κ2) is 13.3. The fourth-order valence-corrected chi connectivity index (χ4v) is 4.62. The van der Waals surface area contributed by atoms with Crippen molar-refractivity contribution < 1.29 is 23.8 Å². The third-order valence-corrected chi connectivity index (χ3v) is 6.82. The summed E-state index contributed by atoms with van der Waals surface area (Å²) >= 11 is 0. The Kier molecular flexibility index (Phi) is 9.56. The van der Waals surface area contributed by atoms with Crippen LogP contribution in [0, 0.1) is 0 Å². The zero-order valence-electron chi connectivity index (χ0n) is 22.4. The maximum atomic E-state index is 13.7. The van der Waals surface area contributed by atoms with Gasteiger partial charge < -0.3 is 24.4 Å². The van der Waals surface area contributed by atoms with Gasteiger partial charge in [-0.2, -0.15) is 5.10 Å². The van der Waals surface area contributed by atoms with E-state index in [1.807, 2.05) is 55.5 Å². The molecule has 2 aromatic rings. The Hall–Kier alpha value is -3.63. The lowest BCUT2D eigenvalue weighted by atomic mass is 9.98. The van der Waals surface area contributed by atoms with Crippen LogP contribution in [-0.4, -0.2) is 99.2 Å². The van der Waals surface area contributed by atoms with Gasteiger partial charge >= 0.3 is 6.03 Å². The summed E-state index contributed by atoms with van der Waals surface area (Å²) in [4.78, 5) is 30.4. The van der Waals surface area contributed by atoms with Gasteiger partial charge in [0.05, 0.1) is 39.2 Å². The van der Waals surface area contributed by atoms with Crippen LogP contribution in [0.1, 0.15) is 30.5 Å². The van der Waals surface area contributed by atoms with Crippen molar-refractivity contribution in [3.05, 3.63) is 59.7 Å². The van der Waals surface area contributed by atoms with Gasteiger partial charge in [-0.05, 0) is 54.4 Å². The lowest BCUT2D eigenvalue weighted by molar-refractivity contribution is -0.133. The van der Waals surface area contributed by atoms with Crippen molar-refractivity contribution in [3.63, 3.8) is 0 Å². The molecule has 0 aliphatic carbocycles.